The molecule has 0 saturated heterocycles. The van der Waals surface area contributed by atoms with Crippen LogP contribution in [0.25, 0.3) is 5.78 Å². The zero-order valence-corrected chi connectivity index (χ0v) is 14.4. The Bertz CT molecular complexity index is 795. The van der Waals surface area contributed by atoms with Crippen LogP contribution in [0.5, 0.6) is 5.75 Å². The molecule has 0 aliphatic heterocycles. The van der Waals surface area contributed by atoms with E-state index < -0.39 is 0 Å². The molecule has 0 bridgehead atoms. The summed E-state index contributed by atoms with van der Waals surface area (Å²) >= 11 is 0. The van der Waals surface area contributed by atoms with E-state index in [1.807, 2.05) is 25.1 Å². The highest BCUT2D eigenvalue weighted by Crippen LogP contribution is 2.14. The number of anilines is 1. The van der Waals surface area contributed by atoms with E-state index in [1.54, 1.807) is 4.52 Å². The molecular formula is C18H23N5O. The van der Waals surface area contributed by atoms with Crippen molar-refractivity contribution in [2.45, 2.75) is 27.2 Å². The highest BCUT2D eigenvalue weighted by atomic mass is 16.5. The number of aryl methyl sites for hydroxylation is 1. The van der Waals surface area contributed by atoms with Gasteiger partial charge in [0.1, 0.15) is 17.9 Å². The number of aromatic nitrogens is 4. The Morgan fingerprint density at radius 2 is 2.00 bits per heavy atom. The highest BCUT2D eigenvalue weighted by molar-refractivity contribution is 5.44. The molecule has 0 fully saturated rings. The van der Waals surface area contributed by atoms with Crippen molar-refractivity contribution in [3.8, 4) is 5.75 Å². The van der Waals surface area contributed by atoms with Crippen molar-refractivity contribution in [1.82, 2.24) is 19.6 Å². The van der Waals surface area contributed by atoms with Crippen molar-refractivity contribution < 1.29 is 4.74 Å². The number of fused-ring (bicyclic) bond motifs is 1. The molecular weight excluding hydrogens is 302 g/mol. The van der Waals surface area contributed by atoms with Gasteiger partial charge in [-0.1, -0.05) is 26.0 Å². The lowest BCUT2D eigenvalue weighted by Gasteiger charge is -2.10. The van der Waals surface area contributed by atoms with E-state index in [-0.39, 0.29) is 0 Å². The molecule has 2 heterocycles. The van der Waals surface area contributed by atoms with E-state index in [9.17, 15) is 0 Å². The summed E-state index contributed by atoms with van der Waals surface area (Å²) in [6.07, 6.45) is 2.44. The van der Waals surface area contributed by atoms with Gasteiger partial charge in [-0.3, -0.25) is 0 Å². The standard InChI is InChI=1S/C18H23N5O/c1-13(2)11-24-16-6-4-15(5-7-16)8-9-19-17-10-14(3)22-18-20-12-21-23(17)18/h4-7,10,12-13,19H,8-9,11H2,1-3H3. The van der Waals surface area contributed by atoms with Crippen LogP contribution < -0.4 is 10.1 Å². The van der Waals surface area contributed by atoms with Gasteiger partial charge in [-0.2, -0.15) is 14.6 Å². The molecule has 0 amide bonds. The molecule has 1 aromatic carbocycles. The fourth-order valence-corrected chi connectivity index (χ4v) is 2.41. The zero-order valence-electron chi connectivity index (χ0n) is 14.4. The molecule has 6 nitrogen and oxygen atoms in total. The van der Waals surface area contributed by atoms with Gasteiger partial charge in [0.2, 0.25) is 0 Å². The van der Waals surface area contributed by atoms with Crippen LogP contribution in [0.3, 0.4) is 0 Å². The predicted octanol–water partition coefficient (Wildman–Crippen LogP) is 3.12. The number of hydrogen-bond acceptors (Lipinski definition) is 5. The Morgan fingerprint density at radius 1 is 1.21 bits per heavy atom. The molecule has 2 aromatic heterocycles. The molecule has 0 saturated carbocycles. The van der Waals surface area contributed by atoms with E-state index >= 15 is 0 Å². The van der Waals surface area contributed by atoms with Gasteiger partial charge in [-0.25, -0.2) is 4.98 Å². The summed E-state index contributed by atoms with van der Waals surface area (Å²) < 4.78 is 7.43. The summed E-state index contributed by atoms with van der Waals surface area (Å²) in [4.78, 5) is 8.47. The minimum Gasteiger partial charge on any atom is -0.493 e. The first-order valence-electron chi connectivity index (χ1n) is 8.25. The third-order valence-corrected chi connectivity index (χ3v) is 3.61. The number of benzene rings is 1. The van der Waals surface area contributed by atoms with Crippen LogP contribution in [0.15, 0.2) is 36.7 Å². The summed E-state index contributed by atoms with van der Waals surface area (Å²) in [6, 6.07) is 10.3. The maximum Gasteiger partial charge on any atom is 0.254 e. The monoisotopic (exact) mass is 325 g/mol. The summed E-state index contributed by atoms with van der Waals surface area (Å²) in [6.45, 7) is 7.80. The summed E-state index contributed by atoms with van der Waals surface area (Å²) in [5, 5.41) is 7.60. The first kappa shape index (κ1) is 16.2. The SMILES string of the molecule is Cc1cc(NCCc2ccc(OCC(C)C)cc2)n2ncnc2n1. The zero-order chi connectivity index (χ0) is 16.9. The van der Waals surface area contributed by atoms with Gasteiger partial charge in [-0.15, -0.1) is 0 Å². The van der Waals surface area contributed by atoms with E-state index in [2.05, 4.69) is 46.4 Å². The first-order chi connectivity index (χ1) is 11.6. The lowest BCUT2D eigenvalue weighted by Crippen LogP contribution is -2.10. The first-order valence-corrected chi connectivity index (χ1v) is 8.25. The predicted molar refractivity (Wildman–Crippen MR) is 94.5 cm³/mol. The Kier molecular flexibility index (Phi) is 4.93. The second-order valence-electron chi connectivity index (χ2n) is 6.28. The molecule has 0 aliphatic carbocycles. The molecule has 0 spiro atoms. The topological polar surface area (TPSA) is 64.3 Å². The van der Waals surface area contributed by atoms with E-state index in [0.29, 0.717) is 11.7 Å². The van der Waals surface area contributed by atoms with Crippen LogP contribution in [-0.2, 0) is 6.42 Å². The lowest BCUT2D eigenvalue weighted by molar-refractivity contribution is 0.271. The number of rotatable bonds is 7. The quantitative estimate of drug-likeness (QED) is 0.723. The molecule has 0 radical (unpaired) electrons. The fourth-order valence-electron chi connectivity index (χ4n) is 2.41. The molecule has 3 rings (SSSR count). The normalized spacial score (nSPS) is 11.2. The van der Waals surface area contributed by atoms with Gasteiger partial charge in [0.25, 0.3) is 5.78 Å². The van der Waals surface area contributed by atoms with Crippen LogP contribution in [0.2, 0.25) is 0 Å². The molecule has 3 aromatic rings. The maximum atomic E-state index is 5.71. The summed E-state index contributed by atoms with van der Waals surface area (Å²) in [7, 11) is 0. The van der Waals surface area contributed by atoms with Crippen molar-refractivity contribution in [1.29, 1.82) is 0 Å². The number of nitrogens with one attached hydrogen (secondary N) is 1. The molecule has 24 heavy (non-hydrogen) atoms. The van der Waals surface area contributed by atoms with Crippen molar-refractivity contribution in [3.05, 3.63) is 47.9 Å². The minimum atomic E-state index is 0.534. The van der Waals surface area contributed by atoms with Crippen LogP contribution in [-0.4, -0.2) is 32.7 Å². The minimum absolute atomic E-state index is 0.534. The molecule has 0 atom stereocenters. The van der Waals surface area contributed by atoms with Gasteiger partial charge in [0, 0.05) is 18.3 Å². The average Bonchev–Trinajstić information content (AvgIpc) is 3.02. The number of ether oxygens (including phenoxy) is 1. The number of nitrogens with zero attached hydrogens (tertiary/aromatic N) is 4. The van der Waals surface area contributed by atoms with Gasteiger partial charge in [0.05, 0.1) is 6.61 Å². The Morgan fingerprint density at radius 3 is 2.75 bits per heavy atom. The second kappa shape index (κ2) is 7.29. The smallest absolute Gasteiger partial charge is 0.254 e. The number of hydrogen-bond donors (Lipinski definition) is 1. The van der Waals surface area contributed by atoms with Gasteiger partial charge < -0.3 is 10.1 Å². The van der Waals surface area contributed by atoms with E-state index in [4.69, 9.17) is 4.74 Å². The van der Waals surface area contributed by atoms with Crippen molar-refractivity contribution in [3.63, 3.8) is 0 Å². The maximum absolute atomic E-state index is 5.71. The molecule has 1 N–H and O–H groups in total. The van der Waals surface area contributed by atoms with Crippen LogP contribution in [0.4, 0.5) is 5.82 Å². The molecule has 6 heteroatoms. The van der Waals surface area contributed by atoms with Crippen molar-refractivity contribution >= 4 is 11.6 Å². The Labute approximate surface area is 141 Å². The Hall–Kier alpha value is -2.63. The largest absolute Gasteiger partial charge is 0.493 e. The van der Waals surface area contributed by atoms with Gasteiger partial charge in [-0.05, 0) is 37.0 Å². The second-order valence-corrected chi connectivity index (χ2v) is 6.28. The van der Waals surface area contributed by atoms with Crippen LogP contribution >= 0.6 is 0 Å². The van der Waals surface area contributed by atoms with Crippen LogP contribution in [0.1, 0.15) is 25.1 Å². The fraction of sp³-hybridized carbons (Fsp3) is 0.389. The summed E-state index contributed by atoms with van der Waals surface area (Å²) in [5.74, 6) is 2.98. The van der Waals surface area contributed by atoms with Gasteiger partial charge in [0.15, 0.2) is 0 Å². The van der Waals surface area contributed by atoms with Crippen molar-refractivity contribution in [2.75, 3.05) is 18.5 Å². The molecule has 126 valence electrons. The third kappa shape index (κ3) is 4.01. The lowest BCUT2D eigenvalue weighted by atomic mass is 10.1. The molecule has 0 unspecified atom stereocenters. The average molecular weight is 325 g/mol. The van der Waals surface area contributed by atoms with E-state index in [0.717, 1.165) is 36.8 Å². The summed E-state index contributed by atoms with van der Waals surface area (Å²) in [5.41, 5.74) is 2.18. The molecule has 0 aliphatic rings. The van der Waals surface area contributed by atoms with Gasteiger partial charge >= 0.3 is 0 Å². The highest BCUT2D eigenvalue weighted by Gasteiger charge is 2.05. The van der Waals surface area contributed by atoms with E-state index in [1.165, 1.54) is 11.9 Å². The Balaban J connectivity index is 1.57. The van der Waals surface area contributed by atoms with Crippen molar-refractivity contribution in [2.24, 2.45) is 5.92 Å². The van der Waals surface area contributed by atoms with Crippen LogP contribution in [0, 0.1) is 12.8 Å². The third-order valence-electron chi connectivity index (χ3n) is 3.61.